The Morgan fingerprint density at radius 3 is 1.84 bits per heavy atom. The molecule has 0 N–H and O–H groups in total. The minimum absolute atomic E-state index is 0.297. The van der Waals surface area contributed by atoms with Crippen molar-refractivity contribution in [1.82, 2.24) is 14.1 Å². The molecule has 0 atom stereocenters. The Morgan fingerprint density at radius 2 is 1.14 bits per heavy atom. The second-order valence-electron chi connectivity index (χ2n) is 19.8. The second kappa shape index (κ2) is 16.4. The van der Waals surface area contributed by atoms with Gasteiger partial charge < -0.3 is 14.2 Å². The molecule has 3 aromatic heterocycles. The lowest BCUT2D eigenvalue weighted by molar-refractivity contribution is 0.483. The lowest BCUT2D eigenvalue weighted by Gasteiger charge is -2.27. The zero-order valence-electron chi connectivity index (χ0n) is 49.8. The van der Waals surface area contributed by atoms with Crippen molar-refractivity contribution in [2.45, 2.75) is 78.6 Å². The van der Waals surface area contributed by atoms with Gasteiger partial charge in [0.1, 0.15) is 24.0 Å². The maximum atomic E-state index is 8.79. The molecule has 1 aliphatic rings. The summed E-state index contributed by atoms with van der Waals surface area (Å²) in [7, 11) is 0. The summed E-state index contributed by atoms with van der Waals surface area (Å²) in [5, 5.41) is 7.91. The summed E-state index contributed by atoms with van der Waals surface area (Å²) >= 11 is 0. The van der Waals surface area contributed by atoms with Crippen LogP contribution in [-0.2, 0) is 17.5 Å². The number of nitrogens with zero attached hydrogens (tertiary/aromatic N) is 4. The van der Waals surface area contributed by atoms with Crippen molar-refractivity contribution < 1.29 is 18.4 Å². The molecule has 5 nitrogen and oxygen atoms in total. The van der Waals surface area contributed by atoms with E-state index in [1.165, 1.54) is 12.1 Å². The summed E-state index contributed by atoms with van der Waals surface area (Å²) in [4.78, 5) is 7.05. The van der Waals surface area contributed by atoms with Crippen molar-refractivity contribution in [3.05, 3.63) is 205 Å². The van der Waals surface area contributed by atoms with E-state index in [-0.39, 0.29) is 5.56 Å². The minimum atomic E-state index is -3.47. The Morgan fingerprint density at radius 1 is 0.543 bits per heavy atom. The third-order valence-corrected chi connectivity index (χ3v) is 14.0. The van der Waals surface area contributed by atoms with Gasteiger partial charge in [-0.15, -0.1) is 0 Å². The Labute approximate surface area is 424 Å². The third-order valence-electron chi connectivity index (χ3n) is 14.0. The van der Waals surface area contributed by atoms with Crippen LogP contribution in [-0.4, -0.2) is 14.1 Å². The van der Waals surface area contributed by atoms with Gasteiger partial charge in [0, 0.05) is 64.8 Å². The van der Waals surface area contributed by atoms with Crippen LogP contribution >= 0.6 is 0 Å². The summed E-state index contributed by atoms with van der Waals surface area (Å²) in [5.41, 5.74) is 3.69. The second-order valence-corrected chi connectivity index (χ2v) is 19.8. The van der Waals surface area contributed by atoms with Gasteiger partial charge in [-0.2, -0.15) is 0 Å². The van der Waals surface area contributed by atoms with E-state index < -0.39 is 37.3 Å². The highest BCUT2D eigenvalue weighted by Gasteiger charge is 2.27. The van der Waals surface area contributed by atoms with E-state index in [1.54, 1.807) is 6.20 Å². The highest BCUT2D eigenvalue weighted by atomic mass is 16.5. The van der Waals surface area contributed by atoms with Gasteiger partial charge in [-0.05, 0) is 109 Å². The number of rotatable bonds is 6. The van der Waals surface area contributed by atoms with Crippen LogP contribution < -0.4 is 9.64 Å². The number of fused-ring (bicyclic) bond motifs is 10. The molecule has 11 aromatic rings. The summed E-state index contributed by atoms with van der Waals surface area (Å²) in [5.74, 6) is 1.10. The van der Waals surface area contributed by atoms with Gasteiger partial charge in [0.15, 0.2) is 0 Å². The van der Waals surface area contributed by atoms with Gasteiger partial charge in [0.2, 0.25) is 0 Å². The Hall–Kier alpha value is -7.89. The summed E-state index contributed by atoms with van der Waals surface area (Å²) in [6, 6.07) is 60.0. The fourth-order valence-corrected chi connectivity index (χ4v) is 10.5. The van der Waals surface area contributed by atoms with Crippen LogP contribution in [0, 0.1) is 0 Å². The maximum absolute atomic E-state index is 8.79. The smallest absolute Gasteiger partial charge is 0.137 e. The fraction of sp³-hybridized carbons (Fsp3) is 0.185. The van der Waals surface area contributed by atoms with Crippen molar-refractivity contribution in [3.8, 4) is 28.4 Å². The zero-order valence-corrected chi connectivity index (χ0v) is 39.8. The summed E-state index contributed by atoms with van der Waals surface area (Å²) < 4.78 is 99.2. The van der Waals surface area contributed by atoms with Crippen LogP contribution in [0.2, 0.25) is 0 Å². The monoisotopic (exact) mass is 921 g/mol. The SMILES string of the molecule is [2H]C(C)(C)c1ccnc(-n2c3ccccc3c3ccc(Oc4cccc(N5Cn6c7c(-c8cc(C(C)(C)C)cc(C(C([2H])([2H])[2H])(C([2H])([2H])[2H])C([2H])([2H])[2H])c8)cccc7c7ccccc7c7ccccc7c7cccc5c76)c4)cc32)c1. The average molecular weight is 921 g/mol. The van der Waals surface area contributed by atoms with Gasteiger partial charge >= 0.3 is 0 Å². The van der Waals surface area contributed by atoms with E-state index in [0.717, 1.165) is 82.1 Å². The molecule has 0 aliphatic carbocycles. The van der Waals surface area contributed by atoms with Crippen molar-refractivity contribution in [3.63, 3.8) is 0 Å². The van der Waals surface area contributed by atoms with Gasteiger partial charge in [-0.3, -0.25) is 4.57 Å². The molecule has 8 aromatic carbocycles. The van der Waals surface area contributed by atoms with Crippen LogP contribution in [0.1, 0.15) is 91.5 Å². The molecule has 12 rings (SSSR count). The molecular formula is C65H58N4O. The first-order chi connectivity index (χ1) is 37.8. The summed E-state index contributed by atoms with van der Waals surface area (Å²) in [6.45, 7) is -0.530. The van der Waals surface area contributed by atoms with Crippen LogP contribution in [0.15, 0.2) is 188 Å². The van der Waals surface area contributed by atoms with E-state index >= 15 is 0 Å². The van der Waals surface area contributed by atoms with Crippen LogP contribution in [0.25, 0.3) is 82.1 Å². The average Bonchev–Trinajstić information content (AvgIpc) is 4.04. The van der Waals surface area contributed by atoms with Gasteiger partial charge in [0.05, 0.1) is 27.8 Å². The topological polar surface area (TPSA) is 35.2 Å². The van der Waals surface area contributed by atoms with Gasteiger partial charge in [-0.25, -0.2) is 4.98 Å². The fourth-order valence-electron chi connectivity index (χ4n) is 10.5. The maximum Gasteiger partial charge on any atom is 0.137 e. The van der Waals surface area contributed by atoms with Crippen LogP contribution in [0.5, 0.6) is 11.5 Å². The van der Waals surface area contributed by atoms with E-state index in [0.29, 0.717) is 40.7 Å². The Bertz CT molecular complexity index is 4350. The van der Waals surface area contributed by atoms with E-state index in [4.69, 9.17) is 23.4 Å². The van der Waals surface area contributed by atoms with E-state index in [9.17, 15) is 0 Å². The number of aromatic nitrogens is 3. The lowest BCUT2D eigenvalue weighted by Crippen LogP contribution is -2.17. The van der Waals surface area contributed by atoms with Crippen LogP contribution in [0.4, 0.5) is 11.4 Å². The molecule has 70 heavy (non-hydrogen) atoms. The number of pyridine rings is 1. The number of hydrogen-bond donors (Lipinski definition) is 0. The molecule has 0 bridgehead atoms. The number of para-hydroxylation sites is 3. The zero-order chi connectivity index (χ0) is 56.5. The molecule has 0 spiro atoms. The molecule has 5 heteroatoms. The molecule has 0 unspecified atom stereocenters. The largest absolute Gasteiger partial charge is 0.457 e. The molecule has 0 saturated heterocycles. The van der Waals surface area contributed by atoms with E-state index in [2.05, 4.69) is 86.8 Å². The third kappa shape index (κ3) is 7.26. The van der Waals surface area contributed by atoms with Gasteiger partial charge in [0.25, 0.3) is 0 Å². The molecular weight excluding hydrogens is 853 g/mol. The molecule has 1 aliphatic heterocycles. The highest BCUT2D eigenvalue weighted by molar-refractivity contribution is 6.22. The molecule has 0 radical (unpaired) electrons. The first-order valence-corrected chi connectivity index (χ1v) is 23.8. The lowest BCUT2D eigenvalue weighted by atomic mass is 9.78. The normalized spacial score (nSPS) is 15.7. The van der Waals surface area contributed by atoms with Crippen LogP contribution in [0.3, 0.4) is 0 Å². The minimum Gasteiger partial charge on any atom is -0.457 e. The highest BCUT2D eigenvalue weighted by Crippen LogP contribution is 2.46. The molecule has 0 amide bonds. The molecule has 0 saturated carbocycles. The Kier molecular flexibility index (Phi) is 7.86. The standard InChI is InChI=1S/C65H58N4O/c1-41(2)42-32-33-66-61(36-42)69-58-28-14-13-24-54(58)55-31-30-48(39-60(55)69)70-47-19-15-18-46(38-47)67-40-68-62-49(43-34-44(64(3,4)5)37-45(35-43)65(6,7)8)25-16-26-56(62)52-22-11-9-20-50(52)51-21-10-12-23-53(51)57-27-17-29-59(67)63(57)68/h9-39,41H,40H2,1-8H3/i3D3,4D3,5D3,41D. The quantitative estimate of drug-likeness (QED) is 0.167. The number of ether oxygens (including phenoxy) is 1. The summed E-state index contributed by atoms with van der Waals surface area (Å²) in [6.07, 6.45) is 1.76. The predicted octanol–water partition coefficient (Wildman–Crippen LogP) is 18.0. The van der Waals surface area contributed by atoms with E-state index in [1.807, 2.05) is 132 Å². The van der Waals surface area contributed by atoms with Gasteiger partial charge in [-0.1, -0.05) is 177 Å². The predicted molar refractivity (Wildman–Crippen MR) is 296 cm³/mol. The number of hydrogen-bond acceptors (Lipinski definition) is 3. The van der Waals surface area contributed by atoms with Crippen molar-refractivity contribution in [2.24, 2.45) is 0 Å². The Balaban J connectivity index is 1.08. The number of anilines is 2. The number of benzene rings is 8. The molecule has 344 valence electrons. The molecule has 4 heterocycles. The van der Waals surface area contributed by atoms with Crippen molar-refractivity contribution >= 4 is 76.5 Å². The first-order valence-electron chi connectivity index (χ1n) is 28.8. The van der Waals surface area contributed by atoms with Crippen molar-refractivity contribution in [1.29, 1.82) is 0 Å². The first kappa shape index (κ1) is 33.6. The van der Waals surface area contributed by atoms with Crippen molar-refractivity contribution in [2.75, 3.05) is 4.90 Å². The molecule has 0 fully saturated rings.